The van der Waals surface area contributed by atoms with Crippen molar-refractivity contribution in [2.24, 2.45) is 0 Å². The van der Waals surface area contributed by atoms with Crippen LogP contribution in [0.15, 0.2) is 72.8 Å². The van der Waals surface area contributed by atoms with Crippen LogP contribution in [0.2, 0.25) is 0 Å². The summed E-state index contributed by atoms with van der Waals surface area (Å²) in [4.78, 5) is 24.3. The number of hydrogen-bond donors (Lipinski definition) is 1. The van der Waals surface area contributed by atoms with Gasteiger partial charge in [0.05, 0.1) is 18.4 Å². The van der Waals surface area contributed by atoms with Crippen molar-refractivity contribution in [1.29, 1.82) is 0 Å². The molecule has 0 aromatic heterocycles. The number of hydrogen-bond acceptors (Lipinski definition) is 3. The van der Waals surface area contributed by atoms with Crippen molar-refractivity contribution < 1.29 is 14.3 Å². The van der Waals surface area contributed by atoms with Crippen molar-refractivity contribution in [1.82, 2.24) is 0 Å². The molecule has 1 amide bonds. The number of ether oxygens (including phenoxy) is 1. The number of nitrogens with one attached hydrogen (secondary N) is 1. The Morgan fingerprint density at radius 2 is 1.50 bits per heavy atom. The van der Waals surface area contributed by atoms with Gasteiger partial charge in [0.25, 0.3) is 5.91 Å². The van der Waals surface area contributed by atoms with Crippen LogP contribution in [-0.2, 0) is 4.74 Å². The van der Waals surface area contributed by atoms with Crippen molar-refractivity contribution in [2.75, 3.05) is 12.4 Å². The third kappa shape index (κ3) is 3.64. The standard InChI is InChI=1S/C22H19NO3/c1-15-7-3-4-8-18(15)16-11-13-17(14-12-16)21(24)23-20-10-6-5-9-19(20)22(25)26-2/h3-14H,1-2H3,(H,23,24). The minimum atomic E-state index is -0.490. The topological polar surface area (TPSA) is 55.4 Å². The van der Waals surface area contributed by atoms with E-state index < -0.39 is 5.97 Å². The van der Waals surface area contributed by atoms with Gasteiger partial charge in [-0.05, 0) is 47.9 Å². The van der Waals surface area contributed by atoms with Crippen LogP contribution in [0.4, 0.5) is 5.69 Å². The Morgan fingerprint density at radius 3 is 2.19 bits per heavy atom. The minimum Gasteiger partial charge on any atom is -0.465 e. The molecule has 0 unspecified atom stereocenters. The summed E-state index contributed by atoms with van der Waals surface area (Å²) in [7, 11) is 1.31. The van der Waals surface area contributed by atoms with Crippen LogP contribution in [0.5, 0.6) is 0 Å². The number of para-hydroxylation sites is 1. The second-order valence-electron chi connectivity index (χ2n) is 5.88. The van der Waals surface area contributed by atoms with Gasteiger partial charge in [0.2, 0.25) is 0 Å². The maximum Gasteiger partial charge on any atom is 0.339 e. The van der Waals surface area contributed by atoms with Gasteiger partial charge in [-0.2, -0.15) is 0 Å². The zero-order chi connectivity index (χ0) is 18.5. The van der Waals surface area contributed by atoms with Gasteiger partial charge in [-0.15, -0.1) is 0 Å². The van der Waals surface area contributed by atoms with Crippen molar-refractivity contribution in [3.63, 3.8) is 0 Å². The fourth-order valence-electron chi connectivity index (χ4n) is 2.77. The highest BCUT2D eigenvalue weighted by Crippen LogP contribution is 2.24. The number of anilines is 1. The van der Waals surface area contributed by atoms with Gasteiger partial charge >= 0.3 is 5.97 Å². The molecule has 0 bridgehead atoms. The van der Waals surface area contributed by atoms with Crippen LogP contribution >= 0.6 is 0 Å². The van der Waals surface area contributed by atoms with Crippen LogP contribution in [0.1, 0.15) is 26.3 Å². The lowest BCUT2D eigenvalue weighted by molar-refractivity contribution is 0.0602. The number of esters is 1. The Morgan fingerprint density at radius 1 is 0.846 bits per heavy atom. The summed E-state index contributed by atoms with van der Waals surface area (Å²) in [5.41, 5.74) is 4.62. The van der Waals surface area contributed by atoms with E-state index in [1.165, 1.54) is 12.7 Å². The molecule has 0 spiro atoms. The molecule has 0 heterocycles. The largest absolute Gasteiger partial charge is 0.465 e. The van der Waals surface area contributed by atoms with Gasteiger partial charge in [-0.25, -0.2) is 4.79 Å². The lowest BCUT2D eigenvalue weighted by Gasteiger charge is -2.10. The fraction of sp³-hybridized carbons (Fsp3) is 0.0909. The van der Waals surface area contributed by atoms with E-state index in [0.29, 0.717) is 16.8 Å². The van der Waals surface area contributed by atoms with E-state index in [1.807, 2.05) is 24.3 Å². The molecule has 0 aliphatic carbocycles. The Labute approximate surface area is 152 Å². The molecule has 130 valence electrons. The van der Waals surface area contributed by atoms with Gasteiger partial charge in [-0.1, -0.05) is 48.5 Å². The zero-order valence-electron chi connectivity index (χ0n) is 14.7. The van der Waals surface area contributed by atoms with E-state index in [0.717, 1.165) is 11.1 Å². The van der Waals surface area contributed by atoms with E-state index in [4.69, 9.17) is 4.74 Å². The summed E-state index contributed by atoms with van der Waals surface area (Å²) < 4.78 is 4.75. The number of amides is 1. The molecule has 0 atom stereocenters. The molecule has 4 nitrogen and oxygen atoms in total. The minimum absolute atomic E-state index is 0.280. The first-order valence-corrected chi connectivity index (χ1v) is 8.25. The van der Waals surface area contributed by atoms with Crippen LogP contribution < -0.4 is 5.32 Å². The Kier molecular flexibility index (Phi) is 5.13. The van der Waals surface area contributed by atoms with E-state index >= 15 is 0 Å². The molecule has 1 N–H and O–H groups in total. The molecule has 0 aliphatic heterocycles. The van der Waals surface area contributed by atoms with E-state index in [1.54, 1.807) is 36.4 Å². The second kappa shape index (κ2) is 7.66. The average Bonchev–Trinajstić information content (AvgIpc) is 2.68. The van der Waals surface area contributed by atoms with E-state index in [2.05, 4.69) is 24.4 Å². The summed E-state index contributed by atoms with van der Waals surface area (Å²) in [5.74, 6) is -0.770. The highest BCUT2D eigenvalue weighted by atomic mass is 16.5. The van der Waals surface area contributed by atoms with Gasteiger partial charge in [0.1, 0.15) is 0 Å². The maximum absolute atomic E-state index is 12.5. The molecule has 3 aromatic rings. The van der Waals surface area contributed by atoms with Gasteiger partial charge in [0, 0.05) is 5.56 Å². The molecule has 26 heavy (non-hydrogen) atoms. The Balaban J connectivity index is 1.82. The predicted molar refractivity (Wildman–Crippen MR) is 102 cm³/mol. The number of rotatable bonds is 4. The summed E-state index contributed by atoms with van der Waals surface area (Å²) in [6, 6.07) is 22.3. The van der Waals surface area contributed by atoms with Crippen LogP contribution in [0.3, 0.4) is 0 Å². The average molecular weight is 345 g/mol. The number of benzene rings is 3. The fourth-order valence-corrected chi connectivity index (χ4v) is 2.77. The molecular formula is C22H19NO3. The summed E-state index contributed by atoms with van der Waals surface area (Å²) >= 11 is 0. The summed E-state index contributed by atoms with van der Waals surface area (Å²) in [5, 5.41) is 2.77. The number of aryl methyl sites for hydroxylation is 1. The Bertz CT molecular complexity index is 946. The molecule has 3 aromatic carbocycles. The normalized spacial score (nSPS) is 10.2. The quantitative estimate of drug-likeness (QED) is 0.697. The predicted octanol–water partition coefficient (Wildman–Crippen LogP) is 4.70. The van der Waals surface area contributed by atoms with Gasteiger partial charge in [0.15, 0.2) is 0 Å². The molecule has 4 heteroatoms. The third-order valence-corrected chi connectivity index (χ3v) is 4.18. The van der Waals surface area contributed by atoms with Crippen LogP contribution in [-0.4, -0.2) is 19.0 Å². The maximum atomic E-state index is 12.5. The van der Waals surface area contributed by atoms with Crippen molar-refractivity contribution in [2.45, 2.75) is 6.92 Å². The Hall–Kier alpha value is -3.40. The van der Waals surface area contributed by atoms with Gasteiger partial charge in [-0.3, -0.25) is 4.79 Å². The summed E-state index contributed by atoms with van der Waals surface area (Å²) in [6.07, 6.45) is 0. The number of methoxy groups -OCH3 is 1. The smallest absolute Gasteiger partial charge is 0.339 e. The zero-order valence-corrected chi connectivity index (χ0v) is 14.7. The van der Waals surface area contributed by atoms with Crippen LogP contribution in [0.25, 0.3) is 11.1 Å². The number of carbonyl (C=O) groups is 2. The molecule has 0 saturated carbocycles. The first-order chi connectivity index (χ1) is 12.6. The highest BCUT2D eigenvalue weighted by Gasteiger charge is 2.14. The lowest BCUT2D eigenvalue weighted by Crippen LogP contribution is -2.15. The highest BCUT2D eigenvalue weighted by molar-refractivity contribution is 6.08. The van der Waals surface area contributed by atoms with Crippen molar-refractivity contribution >= 4 is 17.6 Å². The molecule has 3 rings (SSSR count). The third-order valence-electron chi connectivity index (χ3n) is 4.18. The first-order valence-electron chi connectivity index (χ1n) is 8.25. The van der Waals surface area contributed by atoms with E-state index in [9.17, 15) is 9.59 Å². The molecule has 0 fully saturated rings. The van der Waals surface area contributed by atoms with E-state index in [-0.39, 0.29) is 5.91 Å². The molecule has 0 saturated heterocycles. The SMILES string of the molecule is COC(=O)c1ccccc1NC(=O)c1ccc(-c2ccccc2C)cc1. The monoisotopic (exact) mass is 345 g/mol. The second-order valence-corrected chi connectivity index (χ2v) is 5.88. The van der Waals surface area contributed by atoms with Gasteiger partial charge < -0.3 is 10.1 Å². The summed E-state index contributed by atoms with van der Waals surface area (Å²) in [6.45, 7) is 2.06. The molecular weight excluding hydrogens is 326 g/mol. The number of carbonyl (C=O) groups excluding carboxylic acids is 2. The van der Waals surface area contributed by atoms with Crippen molar-refractivity contribution in [3.05, 3.63) is 89.5 Å². The first kappa shape index (κ1) is 17.4. The molecule has 0 aliphatic rings. The lowest BCUT2D eigenvalue weighted by atomic mass is 9.99. The van der Waals surface area contributed by atoms with Crippen LogP contribution in [0, 0.1) is 6.92 Å². The van der Waals surface area contributed by atoms with Crippen molar-refractivity contribution in [3.8, 4) is 11.1 Å². The molecule has 0 radical (unpaired) electrons.